The normalized spacial score (nSPS) is 22.0. The van der Waals surface area contributed by atoms with Gasteiger partial charge in [0.2, 0.25) is 5.96 Å². The van der Waals surface area contributed by atoms with Crippen LogP contribution in [0.25, 0.3) is 0 Å². The summed E-state index contributed by atoms with van der Waals surface area (Å²) < 4.78 is 5.14. The van der Waals surface area contributed by atoms with E-state index < -0.39 is 0 Å². The standard InChI is InChI=1S/C15H14N6O/c1-22-15-19-7-4-10(20-15)12-9-3-2-6-17-13(9)21-11(12)5-8-18-14(21)16/h2-8,11-12H,1H3,(H2,16,18). The highest BCUT2D eigenvalue weighted by Crippen LogP contribution is 2.44. The number of pyridine rings is 1. The molecule has 110 valence electrons. The lowest BCUT2D eigenvalue weighted by molar-refractivity contribution is 0.377. The zero-order chi connectivity index (χ0) is 15.1. The quantitative estimate of drug-likeness (QED) is 0.890. The van der Waals surface area contributed by atoms with E-state index in [2.05, 4.69) is 19.9 Å². The average Bonchev–Trinajstić information content (AvgIpc) is 2.90. The molecule has 2 aromatic rings. The highest BCUT2D eigenvalue weighted by Gasteiger charge is 2.42. The fourth-order valence-electron chi connectivity index (χ4n) is 3.02. The van der Waals surface area contributed by atoms with Gasteiger partial charge in [-0.1, -0.05) is 6.07 Å². The molecule has 0 spiro atoms. The summed E-state index contributed by atoms with van der Waals surface area (Å²) in [5.74, 6) is 1.27. The lowest BCUT2D eigenvalue weighted by atomic mass is 9.92. The number of anilines is 1. The Morgan fingerprint density at radius 2 is 2.14 bits per heavy atom. The van der Waals surface area contributed by atoms with Crippen molar-refractivity contribution in [2.75, 3.05) is 12.0 Å². The number of fused-ring (bicyclic) bond motifs is 3. The largest absolute Gasteiger partial charge is 0.467 e. The Morgan fingerprint density at radius 3 is 3.00 bits per heavy atom. The van der Waals surface area contributed by atoms with Gasteiger partial charge in [-0.25, -0.2) is 15.0 Å². The number of nitrogens with zero attached hydrogens (tertiary/aromatic N) is 5. The topological polar surface area (TPSA) is 89.5 Å². The number of guanidine groups is 1. The van der Waals surface area contributed by atoms with Crippen LogP contribution in [0.3, 0.4) is 0 Å². The third kappa shape index (κ3) is 1.75. The molecular formula is C15H14N6O. The van der Waals surface area contributed by atoms with E-state index in [-0.39, 0.29) is 12.0 Å². The summed E-state index contributed by atoms with van der Waals surface area (Å²) in [7, 11) is 1.56. The first-order valence-corrected chi connectivity index (χ1v) is 6.90. The predicted octanol–water partition coefficient (Wildman–Crippen LogP) is 1.04. The van der Waals surface area contributed by atoms with Crippen molar-refractivity contribution in [3.8, 4) is 6.01 Å². The molecule has 22 heavy (non-hydrogen) atoms. The van der Waals surface area contributed by atoms with E-state index in [9.17, 15) is 0 Å². The van der Waals surface area contributed by atoms with Crippen LogP contribution in [0.4, 0.5) is 5.82 Å². The minimum Gasteiger partial charge on any atom is -0.467 e. The summed E-state index contributed by atoms with van der Waals surface area (Å²) in [5.41, 5.74) is 7.99. The van der Waals surface area contributed by atoms with Gasteiger partial charge in [0.1, 0.15) is 5.82 Å². The van der Waals surface area contributed by atoms with Gasteiger partial charge in [0, 0.05) is 24.2 Å². The SMILES string of the molecule is COc1nccc(C2c3cccnc3N3C(N)=NC=CC23)n1. The Morgan fingerprint density at radius 1 is 1.23 bits per heavy atom. The Bertz CT molecular complexity index is 787. The van der Waals surface area contributed by atoms with Crippen LogP contribution in [0.1, 0.15) is 17.2 Å². The third-order valence-electron chi connectivity index (χ3n) is 3.91. The molecule has 0 amide bonds. The van der Waals surface area contributed by atoms with Gasteiger partial charge in [0.05, 0.1) is 24.8 Å². The summed E-state index contributed by atoms with van der Waals surface area (Å²) >= 11 is 0. The van der Waals surface area contributed by atoms with Gasteiger partial charge < -0.3 is 10.5 Å². The highest BCUT2D eigenvalue weighted by atomic mass is 16.5. The van der Waals surface area contributed by atoms with Crippen LogP contribution in [-0.2, 0) is 0 Å². The van der Waals surface area contributed by atoms with Crippen molar-refractivity contribution in [1.29, 1.82) is 0 Å². The zero-order valence-corrected chi connectivity index (χ0v) is 11.9. The summed E-state index contributed by atoms with van der Waals surface area (Å²) in [6.45, 7) is 0. The molecule has 0 saturated heterocycles. The minimum atomic E-state index is 0.00186. The van der Waals surface area contributed by atoms with E-state index in [1.54, 1.807) is 25.7 Å². The van der Waals surface area contributed by atoms with E-state index >= 15 is 0 Å². The molecule has 2 N–H and O–H groups in total. The fourth-order valence-corrected chi connectivity index (χ4v) is 3.02. The highest BCUT2D eigenvalue weighted by molar-refractivity contribution is 5.98. The summed E-state index contributed by atoms with van der Waals surface area (Å²) in [6, 6.07) is 6.20. The van der Waals surface area contributed by atoms with E-state index in [0.717, 1.165) is 17.1 Å². The average molecular weight is 294 g/mol. The van der Waals surface area contributed by atoms with Crippen molar-refractivity contribution in [1.82, 2.24) is 15.0 Å². The predicted molar refractivity (Wildman–Crippen MR) is 81.7 cm³/mol. The Balaban J connectivity index is 1.88. The molecular weight excluding hydrogens is 280 g/mol. The number of rotatable bonds is 2. The van der Waals surface area contributed by atoms with Crippen molar-refractivity contribution in [3.63, 3.8) is 0 Å². The molecule has 2 unspecified atom stereocenters. The molecule has 0 saturated carbocycles. The van der Waals surface area contributed by atoms with Crippen LogP contribution in [-0.4, -0.2) is 34.1 Å². The molecule has 0 aromatic carbocycles. The Hall–Kier alpha value is -2.96. The number of methoxy groups -OCH3 is 1. The second-order valence-corrected chi connectivity index (χ2v) is 5.05. The molecule has 2 aromatic heterocycles. The van der Waals surface area contributed by atoms with Crippen LogP contribution < -0.4 is 15.4 Å². The lowest BCUT2D eigenvalue weighted by Gasteiger charge is -2.28. The molecule has 0 bridgehead atoms. The number of hydrogen-bond donors (Lipinski definition) is 1. The molecule has 2 aliphatic heterocycles. The van der Waals surface area contributed by atoms with Gasteiger partial charge in [-0.3, -0.25) is 4.90 Å². The summed E-state index contributed by atoms with van der Waals surface area (Å²) in [4.78, 5) is 19.1. The molecule has 0 aliphatic carbocycles. The van der Waals surface area contributed by atoms with Crippen molar-refractivity contribution in [2.45, 2.75) is 12.0 Å². The van der Waals surface area contributed by atoms with Gasteiger partial charge >= 0.3 is 6.01 Å². The molecule has 4 heterocycles. The number of ether oxygens (including phenoxy) is 1. The molecule has 7 nitrogen and oxygen atoms in total. The van der Waals surface area contributed by atoms with Crippen LogP contribution in [0.15, 0.2) is 47.9 Å². The van der Waals surface area contributed by atoms with E-state index in [0.29, 0.717) is 12.0 Å². The minimum absolute atomic E-state index is 0.00186. The maximum atomic E-state index is 6.06. The first kappa shape index (κ1) is 12.8. The Labute approximate surface area is 127 Å². The molecule has 2 atom stereocenters. The second kappa shape index (κ2) is 4.80. The van der Waals surface area contributed by atoms with Gasteiger partial charge in [-0.05, 0) is 18.2 Å². The first-order valence-electron chi connectivity index (χ1n) is 6.90. The molecule has 4 rings (SSSR count). The summed E-state index contributed by atoms with van der Waals surface area (Å²) in [5, 5.41) is 0. The Kier molecular flexibility index (Phi) is 2.78. The van der Waals surface area contributed by atoms with Gasteiger partial charge in [-0.2, -0.15) is 4.98 Å². The second-order valence-electron chi connectivity index (χ2n) is 5.05. The van der Waals surface area contributed by atoms with Crippen LogP contribution in [0.5, 0.6) is 6.01 Å². The first-order chi connectivity index (χ1) is 10.8. The summed E-state index contributed by atoms with van der Waals surface area (Å²) in [6.07, 6.45) is 7.19. The molecule has 2 aliphatic rings. The third-order valence-corrected chi connectivity index (χ3v) is 3.91. The monoisotopic (exact) mass is 294 g/mol. The maximum Gasteiger partial charge on any atom is 0.316 e. The van der Waals surface area contributed by atoms with Crippen LogP contribution >= 0.6 is 0 Å². The van der Waals surface area contributed by atoms with Gasteiger partial charge in [-0.15, -0.1) is 0 Å². The smallest absolute Gasteiger partial charge is 0.316 e. The van der Waals surface area contributed by atoms with E-state index in [4.69, 9.17) is 10.5 Å². The van der Waals surface area contributed by atoms with E-state index in [1.807, 2.05) is 29.2 Å². The van der Waals surface area contributed by atoms with Crippen LogP contribution in [0.2, 0.25) is 0 Å². The molecule has 0 radical (unpaired) electrons. The number of aliphatic imine (C=N–C) groups is 1. The maximum absolute atomic E-state index is 6.06. The molecule has 0 fully saturated rings. The van der Waals surface area contributed by atoms with E-state index in [1.165, 1.54) is 0 Å². The van der Waals surface area contributed by atoms with Crippen molar-refractivity contribution >= 4 is 11.8 Å². The van der Waals surface area contributed by atoms with Gasteiger partial charge in [0.25, 0.3) is 0 Å². The number of hydrogen-bond acceptors (Lipinski definition) is 7. The van der Waals surface area contributed by atoms with Crippen LogP contribution in [0, 0.1) is 0 Å². The fraction of sp³-hybridized carbons (Fsp3) is 0.200. The van der Waals surface area contributed by atoms with Crippen molar-refractivity contribution in [3.05, 3.63) is 54.1 Å². The molecule has 7 heteroatoms. The lowest BCUT2D eigenvalue weighted by Crippen LogP contribution is -2.44. The number of nitrogens with two attached hydrogens (primary N) is 1. The zero-order valence-electron chi connectivity index (χ0n) is 11.9. The van der Waals surface area contributed by atoms with Crippen molar-refractivity contribution in [2.24, 2.45) is 10.7 Å². The van der Waals surface area contributed by atoms with Crippen molar-refractivity contribution < 1.29 is 4.74 Å². The van der Waals surface area contributed by atoms with Gasteiger partial charge in [0.15, 0.2) is 0 Å². The number of aromatic nitrogens is 3.